The molecule has 0 aromatic carbocycles. The fourth-order valence-electron chi connectivity index (χ4n) is 3.18. The van der Waals surface area contributed by atoms with Crippen LogP contribution in [0.25, 0.3) is 0 Å². The van der Waals surface area contributed by atoms with Gasteiger partial charge in [0, 0.05) is 18.9 Å². The number of hydrogen-bond donors (Lipinski definition) is 1. The third-order valence-corrected chi connectivity index (χ3v) is 5.34. The highest BCUT2D eigenvalue weighted by molar-refractivity contribution is 8.14. The third-order valence-electron chi connectivity index (χ3n) is 4.24. The summed E-state index contributed by atoms with van der Waals surface area (Å²) in [6.45, 7) is -0.556. The molecule has 1 fully saturated rings. The van der Waals surface area contributed by atoms with Crippen LogP contribution in [-0.4, -0.2) is 60.0 Å². The molecule has 13 heteroatoms. The smallest absolute Gasteiger partial charge is 0.405 e. The third kappa shape index (κ3) is 6.26. The van der Waals surface area contributed by atoms with E-state index in [0.29, 0.717) is 0 Å². The van der Waals surface area contributed by atoms with E-state index in [-0.39, 0.29) is 11.8 Å². The molecule has 1 N–H and O–H groups in total. The Bertz CT molecular complexity index is 658. The lowest BCUT2D eigenvalue weighted by molar-refractivity contribution is -0.313. The number of carbonyl (C=O) groups excluding carboxylic acids is 3. The minimum Gasteiger partial charge on any atom is -0.550 e. The van der Waals surface area contributed by atoms with Crippen LogP contribution in [0.3, 0.4) is 0 Å². The minimum absolute atomic E-state index is 0.101. The number of ether oxygens (including phenoxy) is 2. The van der Waals surface area contributed by atoms with Gasteiger partial charge in [0.05, 0.1) is 12.1 Å². The largest absolute Gasteiger partial charge is 0.550 e. The van der Waals surface area contributed by atoms with Crippen molar-refractivity contribution < 1.29 is 47.2 Å². The maximum Gasteiger partial charge on any atom is 0.405 e. The van der Waals surface area contributed by atoms with Gasteiger partial charge >= 0.3 is 12.1 Å². The first-order valence-electron chi connectivity index (χ1n) is 8.20. The molecule has 0 aromatic heterocycles. The molecule has 1 saturated heterocycles. The van der Waals surface area contributed by atoms with Gasteiger partial charge in [0.25, 0.3) is 0 Å². The van der Waals surface area contributed by atoms with Crippen molar-refractivity contribution in [3.63, 3.8) is 0 Å². The fourth-order valence-corrected chi connectivity index (χ4v) is 4.34. The molecule has 0 bridgehead atoms. The van der Waals surface area contributed by atoms with E-state index in [4.69, 9.17) is 9.47 Å². The number of hydrogen-bond acceptors (Lipinski definition) is 10. The van der Waals surface area contributed by atoms with E-state index < -0.39 is 72.9 Å². The van der Waals surface area contributed by atoms with Crippen LogP contribution in [0.15, 0.2) is 4.99 Å². The number of nitrogens with zero attached hydrogens (tertiary/aromatic N) is 1. The van der Waals surface area contributed by atoms with E-state index >= 15 is 0 Å². The van der Waals surface area contributed by atoms with E-state index in [1.807, 2.05) is 0 Å². The topological polar surface area (TPSA) is 140 Å². The number of aliphatic carboxylic acids is 2. The van der Waals surface area contributed by atoms with E-state index in [1.54, 1.807) is 0 Å². The number of carboxylic acid groups (broad SMARTS) is 2. The van der Waals surface area contributed by atoms with Crippen LogP contribution in [0.1, 0.15) is 19.8 Å². The van der Waals surface area contributed by atoms with Crippen molar-refractivity contribution in [1.82, 2.24) is 5.32 Å². The number of alkyl halides is 3. The number of thioether (sulfide) groups is 1. The fraction of sp³-hybridized carbons (Fsp3) is 0.733. The molecule has 0 aliphatic carbocycles. The molecule has 0 saturated carbocycles. The van der Waals surface area contributed by atoms with Crippen LogP contribution in [0.4, 0.5) is 13.2 Å². The molecule has 0 aromatic rings. The second-order valence-electron chi connectivity index (χ2n) is 6.34. The lowest BCUT2D eigenvalue weighted by atomic mass is 9.76. The second-order valence-corrected chi connectivity index (χ2v) is 7.42. The first-order valence-corrected chi connectivity index (χ1v) is 9.08. The molecule has 0 amide bonds. The average molecular weight is 426 g/mol. The van der Waals surface area contributed by atoms with Gasteiger partial charge in [-0.05, 0) is 24.7 Å². The Kier molecular flexibility index (Phi) is 7.15. The number of amidine groups is 1. The van der Waals surface area contributed by atoms with Gasteiger partial charge in [-0.25, -0.2) is 0 Å². The lowest BCUT2D eigenvalue weighted by Crippen LogP contribution is -2.52. The van der Waals surface area contributed by atoms with Crippen molar-refractivity contribution in [2.45, 2.75) is 43.5 Å². The average Bonchev–Trinajstić information content (AvgIpc) is 2.95. The predicted octanol–water partition coefficient (Wildman–Crippen LogP) is -1.59. The SMILES string of the molecule is CC(=O)OC[C@@H]1O[C@@H]2SC(NCC(F)(F)F)=N[C@@H]2[C@H](CC(=O)[O-])[C@@H]1CC(=O)[O-]. The van der Waals surface area contributed by atoms with Crippen LogP contribution < -0.4 is 15.5 Å². The Labute approximate surface area is 161 Å². The molecule has 2 heterocycles. The molecule has 0 unspecified atom stereocenters. The highest BCUT2D eigenvalue weighted by Gasteiger charge is 2.49. The molecule has 2 aliphatic heterocycles. The van der Waals surface area contributed by atoms with Gasteiger partial charge < -0.3 is 34.6 Å². The number of carboxylic acids is 2. The molecule has 9 nitrogen and oxygen atoms in total. The molecule has 0 spiro atoms. The number of esters is 1. The van der Waals surface area contributed by atoms with Gasteiger partial charge in [0.15, 0.2) is 5.17 Å². The first kappa shape index (κ1) is 22.3. The zero-order valence-electron chi connectivity index (χ0n) is 14.6. The quantitative estimate of drug-likeness (QED) is 0.477. The first-order chi connectivity index (χ1) is 13.0. The summed E-state index contributed by atoms with van der Waals surface area (Å²) in [5.41, 5.74) is -0.862. The van der Waals surface area contributed by atoms with Crippen molar-refractivity contribution in [1.29, 1.82) is 0 Å². The monoisotopic (exact) mass is 426 g/mol. The van der Waals surface area contributed by atoms with Crippen molar-refractivity contribution in [2.24, 2.45) is 16.8 Å². The van der Waals surface area contributed by atoms with Crippen molar-refractivity contribution in [3.05, 3.63) is 0 Å². The summed E-state index contributed by atoms with van der Waals surface area (Å²) in [6.07, 6.45) is -6.66. The molecule has 28 heavy (non-hydrogen) atoms. The zero-order valence-corrected chi connectivity index (χ0v) is 15.4. The molecular weight excluding hydrogens is 409 g/mol. The molecule has 5 atom stereocenters. The number of rotatable bonds is 7. The second kappa shape index (κ2) is 8.99. The van der Waals surface area contributed by atoms with Crippen molar-refractivity contribution >= 4 is 34.8 Å². The lowest BCUT2D eigenvalue weighted by Gasteiger charge is -2.43. The maximum absolute atomic E-state index is 12.4. The van der Waals surface area contributed by atoms with E-state index in [2.05, 4.69) is 10.3 Å². The summed E-state index contributed by atoms with van der Waals surface area (Å²) in [6, 6.07) is -0.906. The van der Waals surface area contributed by atoms with Crippen LogP contribution in [0.2, 0.25) is 0 Å². The minimum atomic E-state index is -4.49. The van der Waals surface area contributed by atoms with Crippen LogP contribution in [-0.2, 0) is 23.9 Å². The van der Waals surface area contributed by atoms with Gasteiger partial charge in [-0.15, -0.1) is 0 Å². The van der Waals surface area contributed by atoms with E-state index in [9.17, 15) is 37.8 Å². The number of fused-ring (bicyclic) bond motifs is 1. The highest BCUT2D eigenvalue weighted by atomic mass is 32.2. The molecular formula is C15H17F3N2O7S-2. The molecule has 2 rings (SSSR count). The Hall–Kier alpha value is -2.02. The van der Waals surface area contributed by atoms with Crippen molar-refractivity contribution in [2.75, 3.05) is 13.2 Å². The van der Waals surface area contributed by atoms with Crippen LogP contribution in [0.5, 0.6) is 0 Å². The Morgan fingerprint density at radius 3 is 2.36 bits per heavy atom. The Morgan fingerprint density at radius 1 is 1.21 bits per heavy atom. The molecule has 2 aliphatic rings. The number of nitrogens with one attached hydrogen (secondary N) is 1. The summed E-state index contributed by atoms with van der Waals surface area (Å²) in [5.74, 6) is -5.47. The van der Waals surface area contributed by atoms with Gasteiger partial charge in [-0.3, -0.25) is 9.79 Å². The summed E-state index contributed by atoms with van der Waals surface area (Å²) in [7, 11) is 0. The van der Waals surface area contributed by atoms with Crippen LogP contribution in [0, 0.1) is 11.8 Å². The van der Waals surface area contributed by atoms with Gasteiger partial charge in [0.1, 0.15) is 18.6 Å². The number of halogens is 3. The Balaban J connectivity index is 2.24. The van der Waals surface area contributed by atoms with Gasteiger partial charge in [0.2, 0.25) is 0 Å². The summed E-state index contributed by atoms with van der Waals surface area (Å²) in [4.78, 5) is 37.5. The zero-order chi connectivity index (χ0) is 21.1. The molecule has 0 radical (unpaired) electrons. The normalized spacial score (nSPS) is 29.6. The van der Waals surface area contributed by atoms with Gasteiger partial charge in [-0.2, -0.15) is 13.2 Å². The van der Waals surface area contributed by atoms with Gasteiger partial charge in [-0.1, -0.05) is 11.8 Å². The van der Waals surface area contributed by atoms with Crippen LogP contribution >= 0.6 is 11.8 Å². The van der Waals surface area contributed by atoms with E-state index in [1.165, 1.54) is 0 Å². The van der Waals surface area contributed by atoms with Crippen molar-refractivity contribution in [3.8, 4) is 0 Å². The molecule has 158 valence electrons. The standard InChI is InChI=1S/C15H19F3N2O7S/c1-6(21)26-4-9-7(2-10(22)23)8(3-11(24)25)12-13(27-9)28-14(20-12)19-5-15(16,17)18/h7-9,12-13H,2-5H2,1H3,(H,19,20)(H,22,23)(H,24,25)/p-2/t7-,8+,9-,12+,13+/m0/s1. The Morgan fingerprint density at radius 2 is 1.82 bits per heavy atom. The summed E-state index contributed by atoms with van der Waals surface area (Å²) in [5, 5.41) is 24.3. The highest BCUT2D eigenvalue weighted by Crippen LogP contribution is 2.44. The summed E-state index contributed by atoms with van der Waals surface area (Å²) >= 11 is 0.825. The summed E-state index contributed by atoms with van der Waals surface area (Å²) < 4.78 is 47.8. The maximum atomic E-state index is 12.4. The number of aliphatic imine (C=N–C) groups is 1. The predicted molar refractivity (Wildman–Crippen MR) is 84.4 cm³/mol. The number of carbonyl (C=O) groups is 3. The van der Waals surface area contributed by atoms with E-state index in [0.717, 1.165) is 18.7 Å².